The fraction of sp³-hybridized carbons (Fsp3) is 0.593. The number of aliphatic hydroxyl groups is 1. The van der Waals surface area contributed by atoms with Gasteiger partial charge in [0.1, 0.15) is 5.60 Å². The summed E-state index contributed by atoms with van der Waals surface area (Å²) in [4.78, 5) is 12.1. The van der Waals surface area contributed by atoms with Crippen LogP contribution in [0, 0.1) is 17.3 Å². The molecule has 0 aliphatic heterocycles. The predicted molar refractivity (Wildman–Crippen MR) is 126 cm³/mol. The van der Waals surface area contributed by atoms with E-state index in [0.717, 1.165) is 23.0 Å². The third kappa shape index (κ3) is 3.76. The van der Waals surface area contributed by atoms with E-state index in [2.05, 4.69) is 0 Å². The molecule has 2 fully saturated rings. The summed E-state index contributed by atoms with van der Waals surface area (Å²) in [6.07, 6.45) is -2.43. The van der Waals surface area contributed by atoms with Gasteiger partial charge in [0.05, 0.1) is 4.90 Å². The molecule has 0 radical (unpaired) electrons. The average Bonchev–Trinajstić information content (AvgIpc) is 3.09. The molecule has 0 amide bonds. The average molecular weight is 545 g/mol. The molecule has 0 heterocycles. The van der Waals surface area contributed by atoms with Crippen molar-refractivity contribution in [2.45, 2.75) is 80.4 Å². The maximum atomic E-state index is 15.0. The molecule has 4 nitrogen and oxygen atoms in total. The van der Waals surface area contributed by atoms with Gasteiger partial charge in [-0.3, -0.25) is 4.79 Å². The van der Waals surface area contributed by atoms with Crippen molar-refractivity contribution in [1.29, 1.82) is 0 Å². The molecule has 5 atom stereocenters. The summed E-state index contributed by atoms with van der Waals surface area (Å²) >= 11 is 0. The van der Waals surface area contributed by atoms with Crippen LogP contribution in [0.25, 0.3) is 0 Å². The number of sulfone groups is 1. The topological polar surface area (TPSA) is 71.4 Å². The molecule has 0 bridgehead atoms. The van der Waals surface area contributed by atoms with Gasteiger partial charge < -0.3 is 5.11 Å². The first-order valence-electron chi connectivity index (χ1n) is 12.4. The quantitative estimate of drug-likeness (QED) is 0.480. The molecule has 1 N–H and O–H groups in total. The van der Waals surface area contributed by atoms with Crippen LogP contribution in [-0.4, -0.2) is 43.3 Å². The van der Waals surface area contributed by atoms with Crippen molar-refractivity contribution in [3.05, 3.63) is 52.6 Å². The van der Waals surface area contributed by atoms with Crippen LogP contribution in [0.15, 0.2) is 52.0 Å². The molecule has 2 saturated carbocycles. The molecule has 202 valence electrons. The van der Waals surface area contributed by atoms with Crippen molar-refractivity contribution in [3.8, 4) is 0 Å². The summed E-state index contributed by atoms with van der Waals surface area (Å²) in [5.41, 5.74) is -1.88. The molecule has 0 aromatic heterocycles. The molecule has 4 aliphatic rings. The lowest BCUT2D eigenvalue weighted by atomic mass is 9.50. The monoisotopic (exact) mass is 544 g/mol. The van der Waals surface area contributed by atoms with Crippen LogP contribution in [0.3, 0.4) is 0 Å². The molecule has 0 unspecified atom stereocenters. The van der Waals surface area contributed by atoms with Crippen molar-refractivity contribution < 1.29 is 40.3 Å². The number of allylic oxidation sites excluding steroid dienone is 4. The number of fused-ring (bicyclic) bond motifs is 4. The molecule has 5 rings (SSSR count). The number of ketones is 1. The molecular formula is C27H29F5O4S. The van der Waals surface area contributed by atoms with Crippen molar-refractivity contribution in [3.63, 3.8) is 0 Å². The Morgan fingerprint density at radius 3 is 2.41 bits per heavy atom. The molecule has 0 spiro atoms. The Kier molecular flexibility index (Phi) is 5.89. The van der Waals surface area contributed by atoms with Gasteiger partial charge in [-0.15, -0.1) is 0 Å². The minimum Gasteiger partial charge on any atom is -0.383 e. The molecule has 1 aromatic carbocycles. The first kappa shape index (κ1) is 26.5. The third-order valence-corrected chi connectivity index (χ3v) is 10.6. The number of hydrogen-bond acceptors (Lipinski definition) is 4. The highest BCUT2D eigenvalue weighted by Crippen LogP contribution is 2.70. The second-order valence-electron chi connectivity index (χ2n) is 11.3. The van der Waals surface area contributed by atoms with Crippen molar-refractivity contribution in [2.24, 2.45) is 17.3 Å². The Morgan fingerprint density at radius 2 is 1.76 bits per heavy atom. The van der Waals surface area contributed by atoms with Crippen LogP contribution in [-0.2, 0) is 14.6 Å². The van der Waals surface area contributed by atoms with E-state index in [1.807, 2.05) is 0 Å². The van der Waals surface area contributed by atoms with Crippen LogP contribution >= 0.6 is 0 Å². The van der Waals surface area contributed by atoms with Gasteiger partial charge in [-0.1, -0.05) is 24.6 Å². The fourth-order valence-electron chi connectivity index (χ4n) is 7.68. The molecule has 10 heteroatoms. The van der Waals surface area contributed by atoms with E-state index in [9.17, 15) is 31.5 Å². The van der Waals surface area contributed by atoms with Crippen LogP contribution in [0.1, 0.15) is 63.4 Å². The Hall–Kier alpha value is -2.07. The summed E-state index contributed by atoms with van der Waals surface area (Å²) < 4.78 is 95.5. The second-order valence-corrected chi connectivity index (χ2v) is 13.3. The summed E-state index contributed by atoms with van der Waals surface area (Å²) in [5.74, 6) is -6.96. The van der Waals surface area contributed by atoms with Gasteiger partial charge in [0, 0.05) is 24.0 Å². The summed E-state index contributed by atoms with van der Waals surface area (Å²) in [6, 6.07) is 6.07. The van der Waals surface area contributed by atoms with E-state index >= 15 is 8.78 Å². The molecule has 0 saturated heterocycles. The van der Waals surface area contributed by atoms with Crippen molar-refractivity contribution in [2.75, 3.05) is 6.26 Å². The highest BCUT2D eigenvalue weighted by molar-refractivity contribution is 7.90. The molecular weight excluding hydrogens is 515 g/mol. The van der Waals surface area contributed by atoms with E-state index in [1.54, 1.807) is 12.1 Å². The number of carbonyl (C=O) groups excluding carboxylic acids is 1. The summed E-state index contributed by atoms with van der Waals surface area (Å²) in [5, 5.41) is 11.3. The number of rotatable bonds is 3. The van der Waals surface area contributed by atoms with Gasteiger partial charge >= 0.3 is 12.1 Å². The van der Waals surface area contributed by atoms with Gasteiger partial charge in [-0.05, 0) is 85.3 Å². The Labute approximate surface area is 212 Å². The fourth-order valence-corrected chi connectivity index (χ4v) is 8.35. The standard InChI is InChI=1S/C27H29F5O4S/c1-24-14-21(15-4-3-5-18(13-15)37(2,35)36)23-19-9-7-17(33)12-16(19)6-8-20(23)22(24)10-11-25(24,34)26(28,29)27(30,31)32/h3-5,12-13,20-22,34H,6-11,14H2,1-2H3/t20-,21+,22-,24-,25+/m0/s1. The smallest absolute Gasteiger partial charge is 0.383 e. The SMILES string of the molecule is C[C@]12C[C@H](c3cccc(S(C)(=O)=O)c3)C3=C4CCC(=O)C=C4CC[C@H]3[C@@H]1CC[C@]2(O)C(F)(F)C(F)(F)F. The minimum atomic E-state index is -5.92. The maximum absolute atomic E-state index is 15.0. The van der Waals surface area contributed by atoms with E-state index in [-0.39, 0.29) is 35.9 Å². The molecule has 1 aromatic rings. The van der Waals surface area contributed by atoms with Crippen LogP contribution in [0.2, 0.25) is 0 Å². The number of halogens is 5. The van der Waals surface area contributed by atoms with E-state index < -0.39 is 51.2 Å². The predicted octanol–water partition coefficient (Wildman–Crippen LogP) is 5.92. The normalized spacial score (nSPS) is 34.5. The first-order chi connectivity index (χ1) is 17.0. The number of alkyl halides is 5. The van der Waals surface area contributed by atoms with E-state index in [4.69, 9.17) is 0 Å². The molecule has 4 aliphatic carbocycles. The zero-order valence-electron chi connectivity index (χ0n) is 20.5. The molecule has 37 heavy (non-hydrogen) atoms. The van der Waals surface area contributed by atoms with Gasteiger partial charge in [0.15, 0.2) is 15.6 Å². The van der Waals surface area contributed by atoms with Gasteiger partial charge in [0.2, 0.25) is 0 Å². The van der Waals surface area contributed by atoms with Gasteiger partial charge in [-0.25, -0.2) is 8.42 Å². The van der Waals surface area contributed by atoms with E-state index in [0.29, 0.717) is 24.8 Å². The summed E-state index contributed by atoms with van der Waals surface area (Å²) in [7, 11) is -3.61. The Morgan fingerprint density at radius 1 is 1.05 bits per heavy atom. The number of benzene rings is 1. The lowest BCUT2D eigenvalue weighted by molar-refractivity contribution is -0.362. The van der Waals surface area contributed by atoms with Gasteiger partial charge in [-0.2, -0.15) is 22.0 Å². The first-order valence-corrected chi connectivity index (χ1v) is 14.3. The lowest BCUT2D eigenvalue weighted by Gasteiger charge is -2.56. The number of hydrogen-bond donors (Lipinski definition) is 1. The highest BCUT2D eigenvalue weighted by Gasteiger charge is 2.79. The van der Waals surface area contributed by atoms with Crippen LogP contribution < -0.4 is 0 Å². The zero-order valence-corrected chi connectivity index (χ0v) is 21.4. The highest BCUT2D eigenvalue weighted by atomic mass is 32.2. The Bertz CT molecular complexity index is 1330. The zero-order chi connectivity index (χ0) is 27.2. The number of carbonyl (C=O) groups is 1. The van der Waals surface area contributed by atoms with E-state index in [1.165, 1.54) is 25.1 Å². The van der Waals surface area contributed by atoms with Crippen molar-refractivity contribution >= 4 is 15.6 Å². The van der Waals surface area contributed by atoms with Crippen LogP contribution in [0.4, 0.5) is 22.0 Å². The lowest BCUT2D eigenvalue weighted by Crippen LogP contribution is -2.65. The van der Waals surface area contributed by atoms with Gasteiger partial charge in [0.25, 0.3) is 0 Å². The Balaban J connectivity index is 1.73. The third-order valence-electron chi connectivity index (χ3n) is 9.45. The largest absolute Gasteiger partial charge is 0.456 e. The maximum Gasteiger partial charge on any atom is 0.456 e. The van der Waals surface area contributed by atoms with Crippen molar-refractivity contribution in [1.82, 2.24) is 0 Å². The summed E-state index contributed by atoms with van der Waals surface area (Å²) in [6.45, 7) is 1.34. The second kappa shape index (κ2) is 8.21. The van der Waals surface area contributed by atoms with Crippen LogP contribution in [0.5, 0.6) is 0 Å². The minimum absolute atomic E-state index is 0.00543.